The normalized spacial score (nSPS) is 11.2. The molecule has 8 rings (SSSR count). The van der Waals surface area contributed by atoms with Gasteiger partial charge in [0.2, 0.25) is 0 Å². The topological polar surface area (TPSA) is 38.7 Å². The summed E-state index contributed by atoms with van der Waals surface area (Å²) in [5.74, 6) is 1.95. The number of fused-ring (bicyclic) bond motifs is 3. The van der Waals surface area contributed by atoms with Crippen molar-refractivity contribution in [3.63, 3.8) is 0 Å². The quantitative estimate of drug-likeness (QED) is 0.196. The third kappa shape index (κ3) is 4.81. The van der Waals surface area contributed by atoms with Crippen LogP contribution in [0.5, 0.6) is 0 Å². The smallest absolute Gasteiger partial charge is 0.164 e. The zero-order valence-electron chi connectivity index (χ0n) is 23.9. The summed E-state index contributed by atoms with van der Waals surface area (Å²) >= 11 is 0. The molecule has 0 unspecified atom stereocenters. The molecule has 0 radical (unpaired) electrons. The largest absolute Gasteiger partial charge is 0.208 e. The number of hydrogen-bond acceptors (Lipinski definition) is 3. The van der Waals surface area contributed by atoms with Crippen LogP contribution in [0.2, 0.25) is 0 Å². The molecular formula is C41H27N3. The molecule has 44 heavy (non-hydrogen) atoms. The molecule has 3 nitrogen and oxygen atoms in total. The van der Waals surface area contributed by atoms with Gasteiger partial charge < -0.3 is 0 Å². The first-order valence-corrected chi connectivity index (χ1v) is 14.8. The third-order valence-electron chi connectivity index (χ3n) is 8.12. The van der Waals surface area contributed by atoms with Gasteiger partial charge in [-0.25, -0.2) is 15.0 Å². The lowest BCUT2D eigenvalue weighted by Gasteiger charge is -2.13. The predicted molar refractivity (Wildman–Crippen MR) is 182 cm³/mol. The minimum Gasteiger partial charge on any atom is -0.208 e. The standard InChI is InChI=1S/C41H27N3/c1-3-12-28(13-4-1)29-22-24-31(25-23-29)40-42-39(30-14-5-2-6-15-30)43-41(44-40)34-18-11-17-32(26-34)38-27-33-16-7-8-19-35(33)36-20-9-10-21-37(36)38/h1-27H. The van der Waals surface area contributed by atoms with E-state index in [1.165, 1.54) is 32.7 Å². The van der Waals surface area contributed by atoms with E-state index < -0.39 is 0 Å². The Morgan fingerprint density at radius 3 is 1.43 bits per heavy atom. The summed E-state index contributed by atoms with van der Waals surface area (Å²) in [6.45, 7) is 0. The van der Waals surface area contributed by atoms with Gasteiger partial charge in [-0.15, -0.1) is 0 Å². The highest BCUT2D eigenvalue weighted by Crippen LogP contribution is 2.36. The summed E-state index contributed by atoms with van der Waals surface area (Å²) in [5.41, 5.74) is 7.49. The fourth-order valence-corrected chi connectivity index (χ4v) is 5.91. The van der Waals surface area contributed by atoms with E-state index in [1.54, 1.807) is 0 Å². The molecule has 1 heterocycles. The van der Waals surface area contributed by atoms with Crippen LogP contribution in [0.3, 0.4) is 0 Å². The number of nitrogens with zero attached hydrogens (tertiary/aromatic N) is 3. The van der Waals surface area contributed by atoms with Crippen LogP contribution in [0.4, 0.5) is 0 Å². The molecule has 0 aliphatic carbocycles. The summed E-state index contributed by atoms with van der Waals surface area (Å²) in [7, 11) is 0. The average molecular weight is 562 g/mol. The molecule has 0 saturated heterocycles. The zero-order chi connectivity index (χ0) is 29.3. The summed E-state index contributed by atoms with van der Waals surface area (Å²) in [6, 6.07) is 57.0. The van der Waals surface area contributed by atoms with Gasteiger partial charge >= 0.3 is 0 Å². The fraction of sp³-hybridized carbons (Fsp3) is 0. The van der Waals surface area contributed by atoms with Crippen molar-refractivity contribution >= 4 is 21.5 Å². The molecule has 0 fully saturated rings. The predicted octanol–water partition coefficient (Wildman–Crippen LogP) is 10.5. The van der Waals surface area contributed by atoms with E-state index in [-0.39, 0.29) is 0 Å². The lowest BCUT2D eigenvalue weighted by molar-refractivity contribution is 1.07. The summed E-state index contributed by atoms with van der Waals surface area (Å²) in [6.07, 6.45) is 0. The van der Waals surface area contributed by atoms with E-state index >= 15 is 0 Å². The van der Waals surface area contributed by atoms with Gasteiger partial charge in [0.15, 0.2) is 17.5 Å². The van der Waals surface area contributed by atoms with Crippen molar-refractivity contribution in [2.75, 3.05) is 0 Å². The van der Waals surface area contributed by atoms with Crippen LogP contribution in [-0.2, 0) is 0 Å². The van der Waals surface area contributed by atoms with Crippen molar-refractivity contribution < 1.29 is 0 Å². The van der Waals surface area contributed by atoms with E-state index in [4.69, 9.17) is 15.0 Å². The monoisotopic (exact) mass is 561 g/mol. The second-order valence-electron chi connectivity index (χ2n) is 10.9. The first-order valence-electron chi connectivity index (χ1n) is 14.8. The van der Waals surface area contributed by atoms with Crippen LogP contribution >= 0.6 is 0 Å². The maximum absolute atomic E-state index is 5.03. The highest BCUT2D eigenvalue weighted by Gasteiger charge is 2.14. The van der Waals surface area contributed by atoms with Crippen LogP contribution in [0.15, 0.2) is 164 Å². The Hall–Kier alpha value is -5.93. The van der Waals surface area contributed by atoms with Crippen molar-refractivity contribution in [3.05, 3.63) is 164 Å². The third-order valence-corrected chi connectivity index (χ3v) is 8.12. The molecular weight excluding hydrogens is 534 g/mol. The first kappa shape index (κ1) is 25.8. The van der Waals surface area contributed by atoms with Crippen molar-refractivity contribution in [1.29, 1.82) is 0 Å². The highest BCUT2D eigenvalue weighted by atomic mass is 15.0. The molecule has 3 heteroatoms. The second-order valence-corrected chi connectivity index (χ2v) is 10.9. The lowest BCUT2D eigenvalue weighted by Crippen LogP contribution is -2.00. The van der Waals surface area contributed by atoms with Crippen LogP contribution in [0, 0.1) is 0 Å². The van der Waals surface area contributed by atoms with Gasteiger partial charge in [-0.05, 0) is 55.9 Å². The maximum Gasteiger partial charge on any atom is 0.164 e. The summed E-state index contributed by atoms with van der Waals surface area (Å²) in [4.78, 5) is 15.0. The zero-order valence-corrected chi connectivity index (χ0v) is 23.9. The number of rotatable bonds is 5. The molecule has 0 spiro atoms. The van der Waals surface area contributed by atoms with E-state index in [9.17, 15) is 0 Å². The minimum atomic E-state index is 0.646. The Bertz CT molecular complexity index is 2260. The molecule has 0 bridgehead atoms. The Kier molecular flexibility index (Phi) is 6.47. The summed E-state index contributed by atoms with van der Waals surface area (Å²) < 4.78 is 0. The number of benzene rings is 7. The second kappa shape index (κ2) is 11.0. The van der Waals surface area contributed by atoms with Crippen molar-refractivity contribution in [3.8, 4) is 56.4 Å². The van der Waals surface area contributed by atoms with Crippen molar-refractivity contribution in [1.82, 2.24) is 15.0 Å². The molecule has 8 aromatic rings. The Morgan fingerprint density at radius 2 is 0.727 bits per heavy atom. The van der Waals surface area contributed by atoms with Gasteiger partial charge in [-0.1, -0.05) is 152 Å². The van der Waals surface area contributed by atoms with Crippen LogP contribution < -0.4 is 0 Å². The Balaban J connectivity index is 1.27. The van der Waals surface area contributed by atoms with Crippen LogP contribution in [0.25, 0.3) is 78.0 Å². The Morgan fingerprint density at radius 1 is 0.273 bits per heavy atom. The van der Waals surface area contributed by atoms with Gasteiger partial charge in [0.25, 0.3) is 0 Å². The van der Waals surface area contributed by atoms with Gasteiger partial charge in [0.05, 0.1) is 0 Å². The fourth-order valence-electron chi connectivity index (χ4n) is 5.91. The van der Waals surface area contributed by atoms with E-state index in [1.807, 2.05) is 36.4 Å². The summed E-state index contributed by atoms with van der Waals surface area (Å²) in [5, 5.41) is 4.96. The molecule has 0 amide bonds. The molecule has 0 saturated carbocycles. The number of aromatic nitrogens is 3. The van der Waals surface area contributed by atoms with Crippen molar-refractivity contribution in [2.45, 2.75) is 0 Å². The maximum atomic E-state index is 5.03. The molecule has 0 N–H and O–H groups in total. The number of hydrogen-bond donors (Lipinski definition) is 0. The van der Waals surface area contributed by atoms with Crippen molar-refractivity contribution in [2.24, 2.45) is 0 Å². The van der Waals surface area contributed by atoms with Gasteiger partial charge in [-0.3, -0.25) is 0 Å². The van der Waals surface area contributed by atoms with Gasteiger partial charge in [-0.2, -0.15) is 0 Å². The van der Waals surface area contributed by atoms with Crippen LogP contribution in [-0.4, -0.2) is 15.0 Å². The molecule has 0 aliphatic heterocycles. The molecule has 1 aromatic heterocycles. The van der Waals surface area contributed by atoms with E-state index in [0.29, 0.717) is 17.5 Å². The average Bonchev–Trinajstić information content (AvgIpc) is 3.12. The van der Waals surface area contributed by atoms with E-state index in [0.717, 1.165) is 27.8 Å². The molecule has 0 atom stereocenters. The molecule has 206 valence electrons. The van der Waals surface area contributed by atoms with E-state index in [2.05, 4.69) is 127 Å². The SMILES string of the molecule is c1ccc(-c2ccc(-c3nc(-c4ccccc4)nc(-c4cccc(-c5cc6ccccc6c6ccccc56)c4)n3)cc2)cc1. The van der Waals surface area contributed by atoms with Crippen LogP contribution in [0.1, 0.15) is 0 Å². The van der Waals surface area contributed by atoms with Gasteiger partial charge in [0, 0.05) is 16.7 Å². The first-order chi connectivity index (χ1) is 21.8. The van der Waals surface area contributed by atoms with Gasteiger partial charge in [0.1, 0.15) is 0 Å². The Labute approximate surface area is 256 Å². The highest BCUT2D eigenvalue weighted by molar-refractivity contribution is 6.13. The lowest BCUT2D eigenvalue weighted by atomic mass is 9.92. The molecule has 7 aromatic carbocycles. The molecule has 0 aliphatic rings. The minimum absolute atomic E-state index is 0.646.